The smallest absolute Gasteiger partial charge is 0.323 e. The molecule has 2 fully saturated rings. The topological polar surface area (TPSA) is 71.9 Å². The Morgan fingerprint density at radius 3 is 2.90 bits per heavy atom. The molecule has 2 aliphatic heterocycles. The first-order valence-corrected chi connectivity index (χ1v) is 10.2. The minimum atomic E-state index is -0.0606. The summed E-state index contributed by atoms with van der Waals surface area (Å²) in [6.45, 7) is 4.15. The molecule has 0 aliphatic carbocycles. The number of piperazine rings is 1. The van der Waals surface area contributed by atoms with Crippen molar-refractivity contribution in [2.24, 2.45) is 0 Å². The van der Waals surface area contributed by atoms with Crippen molar-refractivity contribution in [3.8, 4) is 11.5 Å². The molecule has 4 rings (SSSR count). The van der Waals surface area contributed by atoms with Crippen LogP contribution in [0.1, 0.15) is 24.8 Å². The standard InChI is InChI=1S/C21H29N5O3/c1-28-18-8-5-6-16(20(18)29-2)14-26-19(9-10-22-26)23-21(27)25-13-12-24-11-4-3-7-17(24)15-25/h5-6,8-10,17H,3-4,7,11-15H2,1-2H3,(H,23,27). The van der Waals surface area contributed by atoms with Crippen LogP contribution in [0.2, 0.25) is 0 Å². The predicted molar refractivity (Wildman–Crippen MR) is 111 cm³/mol. The van der Waals surface area contributed by atoms with Gasteiger partial charge in [-0.15, -0.1) is 0 Å². The number of carbonyl (C=O) groups excluding carboxylic acids is 1. The molecule has 2 aromatic rings. The highest BCUT2D eigenvalue weighted by molar-refractivity contribution is 5.88. The van der Waals surface area contributed by atoms with Crippen LogP contribution in [-0.4, -0.2) is 72.1 Å². The van der Waals surface area contributed by atoms with E-state index in [1.807, 2.05) is 29.2 Å². The number of nitrogens with one attached hydrogen (secondary N) is 1. The van der Waals surface area contributed by atoms with E-state index in [0.29, 0.717) is 29.9 Å². The molecule has 1 atom stereocenters. The number of carbonyl (C=O) groups is 1. The third-order valence-electron chi connectivity index (χ3n) is 5.88. The number of hydrogen-bond acceptors (Lipinski definition) is 5. The van der Waals surface area contributed by atoms with E-state index < -0.39 is 0 Å². The molecule has 156 valence electrons. The van der Waals surface area contributed by atoms with Crippen molar-refractivity contribution < 1.29 is 14.3 Å². The van der Waals surface area contributed by atoms with Gasteiger partial charge in [-0.3, -0.25) is 10.2 Å². The van der Waals surface area contributed by atoms with E-state index >= 15 is 0 Å². The van der Waals surface area contributed by atoms with Gasteiger partial charge in [-0.2, -0.15) is 5.10 Å². The van der Waals surface area contributed by atoms with Gasteiger partial charge in [0.25, 0.3) is 0 Å². The highest BCUT2D eigenvalue weighted by atomic mass is 16.5. The zero-order chi connectivity index (χ0) is 20.2. The fourth-order valence-corrected chi connectivity index (χ4v) is 4.33. The van der Waals surface area contributed by atoms with Crippen molar-refractivity contribution in [3.63, 3.8) is 0 Å². The molecule has 1 unspecified atom stereocenters. The van der Waals surface area contributed by atoms with E-state index in [0.717, 1.165) is 31.7 Å². The first kappa shape index (κ1) is 19.6. The van der Waals surface area contributed by atoms with Crippen molar-refractivity contribution in [1.29, 1.82) is 0 Å². The largest absolute Gasteiger partial charge is 0.493 e. The van der Waals surface area contributed by atoms with E-state index in [2.05, 4.69) is 15.3 Å². The van der Waals surface area contributed by atoms with Crippen LogP contribution in [0.15, 0.2) is 30.5 Å². The highest BCUT2D eigenvalue weighted by Gasteiger charge is 2.31. The number of fused-ring (bicyclic) bond motifs is 1. The van der Waals surface area contributed by atoms with Crippen LogP contribution in [0.4, 0.5) is 10.6 Å². The van der Waals surface area contributed by atoms with Crippen molar-refractivity contribution in [3.05, 3.63) is 36.0 Å². The molecule has 29 heavy (non-hydrogen) atoms. The van der Waals surface area contributed by atoms with Crippen molar-refractivity contribution in [2.45, 2.75) is 31.8 Å². The Morgan fingerprint density at radius 1 is 1.17 bits per heavy atom. The maximum Gasteiger partial charge on any atom is 0.323 e. The Labute approximate surface area is 171 Å². The number of urea groups is 1. The fraction of sp³-hybridized carbons (Fsp3) is 0.524. The molecule has 0 saturated carbocycles. The molecule has 0 spiro atoms. The lowest BCUT2D eigenvalue weighted by molar-refractivity contribution is 0.0678. The van der Waals surface area contributed by atoms with Crippen LogP contribution >= 0.6 is 0 Å². The number of hydrogen-bond donors (Lipinski definition) is 1. The third-order valence-corrected chi connectivity index (χ3v) is 5.88. The first-order valence-electron chi connectivity index (χ1n) is 10.2. The average molecular weight is 399 g/mol. The SMILES string of the molecule is COc1cccc(Cn2nccc2NC(=O)N2CCN3CCCCC3C2)c1OC. The van der Waals surface area contributed by atoms with Gasteiger partial charge >= 0.3 is 6.03 Å². The van der Waals surface area contributed by atoms with Crippen LogP contribution in [-0.2, 0) is 6.54 Å². The van der Waals surface area contributed by atoms with Crippen LogP contribution in [0.3, 0.4) is 0 Å². The lowest BCUT2D eigenvalue weighted by atomic mass is 10.00. The molecule has 8 heteroatoms. The lowest BCUT2D eigenvalue weighted by Crippen LogP contribution is -2.57. The molecule has 8 nitrogen and oxygen atoms in total. The summed E-state index contributed by atoms with van der Waals surface area (Å²) in [4.78, 5) is 17.3. The number of ether oxygens (including phenoxy) is 2. The number of para-hydroxylation sites is 1. The second kappa shape index (κ2) is 8.73. The number of benzene rings is 1. The maximum absolute atomic E-state index is 12.9. The molecule has 1 N–H and O–H groups in total. The van der Waals surface area contributed by atoms with Gasteiger partial charge in [-0.05, 0) is 25.5 Å². The molecular weight excluding hydrogens is 370 g/mol. The maximum atomic E-state index is 12.9. The van der Waals surface area contributed by atoms with Gasteiger partial charge in [-0.25, -0.2) is 9.48 Å². The average Bonchev–Trinajstić information content (AvgIpc) is 3.19. The quantitative estimate of drug-likeness (QED) is 0.837. The molecule has 2 amide bonds. The molecule has 1 aromatic heterocycles. The second-order valence-corrected chi connectivity index (χ2v) is 7.59. The Hall–Kier alpha value is -2.74. The van der Waals surface area contributed by atoms with E-state index in [1.165, 1.54) is 19.3 Å². The molecule has 3 heterocycles. The van der Waals surface area contributed by atoms with Crippen LogP contribution in [0, 0.1) is 0 Å². The monoisotopic (exact) mass is 399 g/mol. The zero-order valence-corrected chi connectivity index (χ0v) is 17.1. The molecule has 1 aromatic carbocycles. The normalized spacial score (nSPS) is 19.5. The van der Waals surface area contributed by atoms with E-state index in [9.17, 15) is 4.79 Å². The summed E-state index contributed by atoms with van der Waals surface area (Å²) in [6.07, 6.45) is 5.40. The Bertz CT molecular complexity index is 853. The number of aromatic nitrogens is 2. The summed E-state index contributed by atoms with van der Waals surface area (Å²) in [6, 6.07) is 8.00. The summed E-state index contributed by atoms with van der Waals surface area (Å²) >= 11 is 0. The first-order chi connectivity index (χ1) is 14.2. The van der Waals surface area contributed by atoms with Gasteiger partial charge < -0.3 is 14.4 Å². The Balaban J connectivity index is 1.44. The zero-order valence-electron chi connectivity index (χ0n) is 17.1. The van der Waals surface area contributed by atoms with E-state index in [1.54, 1.807) is 25.1 Å². The number of piperidine rings is 1. The van der Waals surface area contributed by atoms with Gasteiger partial charge in [0.1, 0.15) is 5.82 Å². The van der Waals surface area contributed by atoms with Crippen LogP contribution < -0.4 is 14.8 Å². The second-order valence-electron chi connectivity index (χ2n) is 7.59. The summed E-state index contributed by atoms with van der Waals surface area (Å²) in [5.74, 6) is 2.02. The Kier molecular flexibility index (Phi) is 5.89. The number of rotatable bonds is 5. The van der Waals surface area contributed by atoms with Crippen molar-refractivity contribution in [1.82, 2.24) is 19.6 Å². The van der Waals surface area contributed by atoms with Gasteiger partial charge in [0.15, 0.2) is 11.5 Å². The van der Waals surface area contributed by atoms with E-state index in [4.69, 9.17) is 9.47 Å². The summed E-state index contributed by atoms with van der Waals surface area (Å²) in [5, 5.41) is 7.42. The molecule has 0 bridgehead atoms. The van der Waals surface area contributed by atoms with E-state index in [-0.39, 0.29) is 6.03 Å². The highest BCUT2D eigenvalue weighted by Crippen LogP contribution is 2.31. The number of amides is 2. The van der Waals surface area contributed by atoms with Crippen LogP contribution in [0.25, 0.3) is 0 Å². The summed E-state index contributed by atoms with van der Waals surface area (Å²) in [5.41, 5.74) is 0.932. The number of methoxy groups -OCH3 is 2. The summed E-state index contributed by atoms with van der Waals surface area (Å²) < 4.78 is 12.7. The predicted octanol–water partition coefficient (Wildman–Crippen LogP) is 2.65. The number of nitrogens with zero attached hydrogens (tertiary/aromatic N) is 4. The molecule has 2 aliphatic rings. The fourth-order valence-electron chi connectivity index (χ4n) is 4.33. The van der Waals surface area contributed by atoms with Crippen LogP contribution in [0.5, 0.6) is 11.5 Å². The molecule has 2 saturated heterocycles. The molecule has 0 radical (unpaired) electrons. The lowest BCUT2D eigenvalue weighted by Gasteiger charge is -2.43. The Morgan fingerprint density at radius 2 is 2.07 bits per heavy atom. The summed E-state index contributed by atoms with van der Waals surface area (Å²) in [7, 11) is 3.24. The van der Waals surface area contributed by atoms with Crippen molar-refractivity contribution in [2.75, 3.05) is 45.7 Å². The van der Waals surface area contributed by atoms with Gasteiger partial charge in [0, 0.05) is 37.3 Å². The number of anilines is 1. The molecular formula is C21H29N5O3. The van der Waals surface area contributed by atoms with Crippen molar-refractivity contribution >= 4 is 11.8 Å². The minimum absolute atomic E-state index is 0.0606. The third kappa shape index (κ3) is 4.17. The van der Waals surface area contributed by atoms with Gasteiger partial charge in [-0.1, -0.05) is 18.6 Å². The van der Waals surface area contributed by atoms with Gasteiger partial charge in [0.2, 0.25) is 0 Å². The minimum Gasteiger partial charge on any atom is -0.493 e. The van der Waals surface area contributed by atoms with Gasteiger partial charge in [0.05, 0.1) is 27.0 Å².